The van der Waals surface area contributed by atoms with Crippen molar-refractivity contribution in [1.82, 2.24) is 14.7 Å². The number of carbonyl (C=O) groups excluding carboxylic acids is 1. The van der Waals surface area contributed by atoms with E-state index in [0.29, 0.717) is 12.5 Å². The first kappa shape index (κ1) is 18.9. The maximum atomic E-state index is 13.0. The van der Waals surface area contributed by atoms with Gasteiger partial charge in [0.1, 0.15) is 6.54 Å². The lowest BCUT2D eigenvalue weighted by atomic mass is 10.0. The summed E-state index contributed by atoms with van der Waals surface area (Å²) in [6.45, 7) is 8.69. The van der Waals surface area contributed by atoms with Crippen LogP contribution in [-0.4, -0.2) is 27.1 Å². The van der Waals surface area contributed by atoms with E-state index < -0.39 is 0 Å². The molecule has 0 N–H and O–H groups in total. The predicted molar refractivity (Wildman–Crippen MR) is 99.3 cm³/mol. The Bertz CT molecular complexity index is 753. The molecule has 1 aromatic carbocycles. The topological polar surface area (TPSA) is 55.2 Å². The summed E-state index contributed by atoms with van der Waals surface area (Å²) in [7, 11) is 0. The van der Waals surface area contributed by atoms with Crippen molar-refractivity contribution in [3.05, 3.63) is 64.1 Å². The van der Waals surface area contributed by atoms with Gasteiger partial charge in [0.15, 0.2) is 0 Å². The smallest absolute Gasteiger partial charge is 0.267 e. The Morgan fingerprint density at radius 1 is 1.16 bits per heavy atom. The molecule has 0 spiro atoms. The lowest BCUT2D eigenvalue weighted by molar-refractivity contribution is -0.135. The first-order valence-corrected chi connectivity index (χ1v) is 8.81. The van der Waals surface area contributed by atoms with Crippen LogP contribution in [0.15, 0.2) is 47.3 Å². The van der Waals surface area contributed by atoms with E-state index in [0.717, 1.165) is 17.7 Å². The van der Waals surface area contributed by atoms with Crippen LogP contribution in [0.5, 0.6) is 0 Å². The second kappa shape index (κ2) is 8.60. The van der Waals surface area contributed by atoms with E-state index in [1.807, 2.05) is 42.2 Å². The lowest BCUT2D eigenvalue weighted by Crippen LogP contribution is -2.41. The molecule has 1 aromatic heterocycles. The van der Waals surface area contributed by atoms with Crippen LogP contribution in [0.3, 0.4) is 0 Å². The summed E-state index contributed by atoms with van der Waals surface area (Å²) in [5, 5.41) is 4.19. The molecule has 1 amide bonds. The Balaban J connectivity index is 2.30. The molecule has 25 heavy (non-hydrogen) atoms. The molecule has 0 aliphatic rings. The van der Waals surface area contributed by atoms with E-state index in [1.165, 1.54) is 10.7 Å². The Kier molecular flexibility index (Phi) is 6.51. The zero-order chi connectivity index (χ0) is 18.4. The fourth-order valence-corrected chi connectivity index (χ4v) is 2.99. The number of carbonyl (C=O) groups is 1. The minimum absolute atomic E-state index is 0.00314. The molecule has 1 unspecified atom stereocenters. The number of aryl methyl sites for hydroxylation is 1. The van der Waals surface area contributed by atoms with E-state index in [-0.39, 0.29) is 24.1 Å². The van der Waals surface area contributed by atoms with Gasteiger partial charge in [-0.1, -0.05) is 51.1 Å². The molecule has 134 valence electrons. The van der Waals surface area contributed by atoms with Gasteiger partial charge in [-0.2, -0.15) is 5.10 Å². The molecule has 0 aliphatic heterocycles. The van der Waals surface area contributed by atoms with Crippen molar-refractivity contribution in [2.45, 2.75) is 46.7 Å². The Labute approximate surface area is 149 Å². The van der Waals surface area contributed by atoms with Crippen molar-refractivity contribution < 1.29 is 4.79 Å². The normalized spacial score (nSPS) is 12.2. The highest BCUT2D eigenvalue weighted by Gasteiger charge is 2.25. The highest BCUT2D eigenvalue weighted by molar-refractivity contribution is 5.76. The highest BCUT2D eigenvalue weighted by atomic mass is 16.2. The SMILES string of the molecule is CCC(c1ccccc1)N(CC(C)C)C(=O)Cn1nc(C)ccc1=O. The largest absolute Gasteiger partial charge is 0.334 e. The molecule has 5 heteroatoms. The Morgan fingerprint density at radius 3 is 2.44 bits per heavy atom. The van der Waals surface area contributed by atoms with Crippen LogP contribution in [0.25, 0.3) is 0 Å². The van der Waals surface area contributed by atoms with Gasteiger partial charge in [-0.15, -0.1) is 0 Å². The molecule has 0 saturated heterocycles. The van der Waals surface area contributed by atoms with Crippen LogP contribution in [0.4, 0.5) is 0 Å². The standard InChI is InChI=1S/C20H27N3O2/c1-5-18(17-9-7-6-8-10-17)22(13-15(2)3)20(25)14-23-19(24)12-11-16(4)21-23/h6-12,15,18H,5,13-14H2,1-4H3. The van der Waals surface area contributed by atoms with Gasteiger partial charge in [0.05, 0.1) is 11.7 Å². The Hall–Kier alpha value is -2.43. The van der Waals surface area contributed by atoms with E-state index in [1.54, 1.807) is 6.07 Å². The summed E-state index contributed by atoms with van der Waals surface area (Å²) in [6, 6.07) is 13.2. The van der Waals surface area contributed by atoms with Gasteiger partial charge in [-0.3, -0.25) is 9.59 Å². The van der Waals surface area contributed by atoms with Crippen LogP contribution in [0, 0.1) is 12.8 Å². The molecule has 5 nitrogen and oxygen atoms in total. The van der Waals surface area contributed by atoms with Crippen molar-refractivity contribution in [3.63, 3.8) is 0 Å². The summed E-state index contributed by atoms with van der Waals surface area (Å²) >= 11 is 0. The number of aromatic nitrogens is 2. The van der Waals surface area contributed by atoms with Crippen LogP contribution in [0.2, 0.25) is 0 Å². The third-order valence-corrected chi connectivity index (χ3v) is 4.11. The van der Waals surface area contributed by atoms with Gasteiger partial charge in [0, 0.05) is 12.6 Å². The number of benzene rings is 1. The van der Waals surface area contributed by atoms with Gasteiger partial charge in [0.2, 0.25) is 5.91 Å². The fraction of sp³-hybridized carbons (Fsp3) is 0.450. The molecule has 0 radical (unpaired) electrons. The summed E-state index contributed by atoms with van der Waals surface area (Å²) < 4.78 is 1.25. The molecule has 0 bridgehead atoms. The summed E-state index contributed by atoms with van der Waals surface area (Å²) in [5.74, 6) is 0.258. The number of hydrogen-bond donors (Lipinski definition) is 0. The van der Waals surface area contributed by atoms with E-state index in [9.17, 15) is 9.59 Å². The highest BCUT2D eigenvalue weighted by Crippen LogP contribution is 2.25. The van der Waals surface area contributed by atoms with Crippen molar-refractivity contribution >= 4 is 5.91 Å². The first-order chi connectivity index (χ1) is 11.9. The quantitative estimate of drug-likeness (QED) is 0.777. The van der Waals surface area contributed by atoms with E-state index in [4.69, 9.17) is 0 Å². The fourth-order valence-electron chi connectivity index (χ4n) is 2.99. The van der Waals surface area contributed by atoms with Gasteiger partial charge in [-0.25, -0.2) is 4.68 Å². The van der Waals surface area contributed by atoms with Crippen LogP contribution >= 0.6 is 0 Å². The van der Waals surface area contributed by atoms with Crippen molar-refractivity contribution in [2.75, 3.05) is 6.54 Å². The van der Waals surface area contributed by atoms with Crippen molar-refractivity contribution in [2.24, 2.45) is 5.92 Å². The van der Waals surface area contributed by atoms with Crippen LogP contribution < -0.4 is 5.56 Å². The van der Waals surface area contributed by atoms with Gasteiger partial charge >= 0.3 is 0 Å². The zero-order valence-corrected chi connectivity index (χ0v) is 15.5. The van der Waals surface area contributed by atoms with Gasteiger partial charge < -0.3 is 4.90 Å². The number of amides is 1. The molecule has 2 aromatic rings. The van der Waals surface area contributed by atoms with E-state index >= 15 is 0 Å². The Morgan fingerprint density at radius 2 is 1.84 bits per heavy atom. The second-order valence-corrected chi connectivity index (χ2v) is 6.75. The molecular formula is C20H27N3O2. The molecule has 0 fully saturated rings. The summed E-state index contributed by atoms with van der Waals surface area (Å²) in [4.78, 5) is 26.9. The number of nitrogens with zero attached hydrogens (tertiary/aromatic N) is 3. The summed E-state index contributed by atoms with van der Waals surface area (Å²) in [6.07, 6.45) is 0.818. The van der Waals surface area contributed by atoms with Crippen molar-refractivity contribution in [1.29, 1.82) is 0 Å². The second-order valence-electron chi connectivity index (χ2n) is 6.75. The van der Waals surface area contributed by atoms with Crippen molar-refractivity contribution in [3.8, 4) is 0 Å². The van der Waals surface area contributed by atoms with Crippen LogP contribution in [-0.2, 0) is 11.3 Å². The maximum Gasteiger partial charge on any atom is 0.267 e. The molecular weight excluding hydrogens is 314 g/mol. The average Bonchev–Trinajstić information content (AvgIpc) is 2.58. The third-order valence-electron chi connectivity index (χ3n) is 4.11. The number of rotatable bonds is 7. The van der Waals surface area contributed by atoms with E-state index in [2.05, 4.69) is 25.9 Å². The number of hydrogen-bond acceptors (Lipinski definition) is 3. The average molecular weight is 341 g/mol. The van der Waals surface area contributed by atoms with Gasteiger partial charge in [-0.05, 0) is 30.9 Å². The molecule has 1 atom stereocenters. The zero-order valence-electron chi connectivity index (χ0n) is 15.5. The maximum absolute atomic E-state index is 13.0. The predicted octanol–water partition coefficient (Wildman–Crippen LogP) is 3.19. The minimum atomic E-state index is -0.254. The molecule has 2 rings (SSSR count). The first-order valence-electron chi connectivity index (χ1n) is 8.81. The van der Waals surface area contributed by atoms with Crippen LogP contribution in [0.1, 0.15) is 44.5 Å². The molecule has 1 heterocycles. The third kappa shape index (κ3) is 5.02. The monoisotopic (exact) mass is 341 g/mol. The summed E-state index contributed by atoms with van der Waals surface area (Å²) in [5.41, 5.74) is 1.58. The molecule has 0 aliphatic carbocycles. The minimum Gasteiger partial charge on any atom is -0.334 e. The molecule has 0 saturated carbocycles. The lowest BCUT2D eigenvalue weighted by Gasteiger charge is -2.33. The van der Waals surface area contributed by atoms with Gasteiger partial charge in [0.25, 0.3) is 5.56 Å².